The molecular formula is C37H47NO11. The number of piperidine rings is 1. The summed E-state index contributed by atoms with van der Waals surface area (Å²) in [5.41, 5.74) is 0.720. The van der Waals surface area contributed by atoms with E-state index in [-0.39, 0.29) is 29.8 Å². The molecule has 5 N–H and O–H groups in total. The zero-order chi connectivity index (χ0) is 33.7. The fourth-order valence-electron chi connectivity index (χ4n) is 15.3. The number of ketones is 1. The molecule has 49 heavy (non-hydrogen) atoms. The van der Waals surface area contributed by atoms with Crippen molar-refractivity contribution in [2.75, 3.05) is 26.3 Å². The molecule has 5 aliphatic heterocycles. The SMILES string of the molecule is C[C@@H]1CN2C[C@H]3CCC4=C5[C@]6(CC[C@@]57C(=O)[C@@H]1C[C@@H]2[C@@]37C)C[C@H]4[C@H]1O[C@@H](O[C@@H]2O[C@H](CO)[C@@H](O)[C@H](O)[C@H]2O)[C@@H]2C(CO)=C[C@@H]3OC(=O)[C@@]16[C@H]23. The number of aliphatic hydroxyl groups is 5. The molecule has 3 spiro atoms. The molecule has 0 radical (unpaired) electrons. The van der Waals surface area contributed by atoms with Crippen LogP contribution >= 0.6 is 0 Å². The zero-order valence-electron chi connectivity index (χ0n) is 27.9. The van der Waals surface area contributed by atoms with Crippen molar-refractivity contribution in [3.63, 3.8) is 0 Å². The normalized spacial score (nSPS) is 60.3. The number of hydrogen-bond donors (Lipinski definition) is 5. The molecule has 12 nitrogen and oxygen atoms in total. The van der Waals surface area contributed by atoms with Crippen LogP contribution in [0.1, 0.15) is 52.4 Å². The number of aliphatic hydroxyl groups excluding tert-OH is 5. The van der Waals surface area contributed by atoms with Gasteiger partial charge in [0.15, 0.2) is 12.6 Å². The van der Waals surface area contributed by atoms with Crippen molar-refractivity contribution in [2.45, 2.75) is 108 Å². The number of esters is 1. The van der Waals surface area contributed by atoms with Crippen molar-refractivity contribution in [2.24, 2.45) is 57.2 Å². The van der Waals surface area contributed by atoms with Crippen molar-refractivity contribution in [1.29, 1.82) is 0 Å². The second-order valence-corrected chi connectivity index (χ2v) is 17.8. The number of ether oxygens (including phenoxy) is 4. The third-order valence-corrected chi connectivity index (χ3v) is 16.9. The number of allylic oxidation sites excluding steroid dienone is 1. The highest BCUT2D eigenvalue weighted by Crippen LogP contribution is 2.87. The highest BCUT2D eigenvalue weighted by molar-refractivity contribution is 5.96. The maximum absolute atomic E-state index is 15.3. The van der Waals surface area contributed by atoms with E-state index in [0.717, 1.165) is 51.6 Å². The van der Waals surface area contributed by atoms with Crippen LogP contribution in [0.2, 0.25) is 0 Å². The molecule has 0 unspecified atom stereocenters. The number of carbonyl (C=O) groups is 2. The van der Waals surface area contributed by atoms with E-state index in [1.54, 1.807) is 0 Å². The molecule has 19 atom stereocenters. The minimum atomic E-state index is -1.63. The van der Waals surface area contributed by atoms with E-state index < -0.39 is 83.9 Å². The van der Waals surface area contributed by atoms with Crippen molar-refractivity contribution >= 4 is 11.8 Å². The molecule has 12 heteroatoms. The third kappa shape index (κ3) is 3.02. The average Bonchev–Trinajstić information content (AvgIpc) is 3.88. The smallest absolute Gasteiger partial charge is 0.316 e. The second-order valence-electron chi connectivity index (χ2n) is 17.8. The predicted octanol–water partition coefficient (Wildman–Crippen LogP) is 0.0402. The third-order valence-electron chi connectivity index (χ3n) is 16.9. The van der Waals surface area contributed by atoms with Gasteiger partial charge >= 0.3 is 5.97 Å². The molecule has 8 fully saturated rings. The lowest BCUT2D eigenvalue weighted by Crippen LogP contribution is -2.67. The highest BCUT2D eigenvalue weighted by Gasteiger charge is 2.89. The Hall–Kier alpha value is -1.74. The molecule has 0 aromatic carbocycles. The Morgan fingerprint density at radius 2 is 1.84 bits per heavy atom. The van der Waals surface area contributed by atoms with Crippen LogP contribution in [0.5, 0.6) is 0 Å². The highest BCUT2D eigenvalue weighted by atomic mass is 16.8. The lowest BCUT2D eigenvalue weighted by atomic mass is 9.43. The van der Waals surface area contributed by atoms with Gasteiger partial charge in [-0.3, -0.25) is 14.5 Å². The molecule has 0 amide bonds. The van der Waals surface area contributed by atoms with Crippen LogP contribution in [0.4, 0.5) is 0 Å². The van der Waals surface area contributed by atoms with Gasteiger partial charge in [-0.1, -0.05) is 19.4 Å². The Labute approximate surface area is 284 Å². The molecule has 4 bridgehead atoms. The molecule has 11 rings (SSSR count). The molecule has 0 aromatic heterocycles. The van der Waals surface area contributed by atoms with Crippen LogP contribution in [0.25, 0.3) is 0 Å². The first kappa shape index (κ1) is 30.8. The van der Waals surface area contributed by atoms with Crippen molar-refractivity contribution in [3.05, 3.63) is 22.8 Å². The van der Waals surface area contributed by atoms with Crippen LogP contribution in [0.15, 0.2) is 22.8 Å². The molecular weight excluding hydrogens is 634 g/mol. The maximum Gasteiger partial charge on any atom is 0.316 e. The van der Waals surface area contributed by atoms with Crippen LogP contribution in [0, 0.1) is 57.2 Å². The minimum absolute atomic E-state index is 0.0200. The van der Waals surface area contributed by atoms with Crippen LogP contribution in [-0.2, 0) is 28.5 Å². The number of hydrogen-bond acceptors (Lipinski definition) is 12. The van der Waals surface area contributed by atoms with Gasteiger partial charge in [0.1, 0.15) is 41.7 Å². The summed E-state index contributed by atoms with van der Waals surface area (Å²) in [4.78, 5) is 32.8. The van der Waals surface area contributed by atoms with E-state index in [9.17, 15) is 30.3 Å². The molecule has 3 saturated carbocycles. The van der Waals surface area contributed by atoms with Gasteiger partial charge in [0.05, 0.1) is 24.7 Å². The van der Waals surface area contributed by atoms with E-state index in [1.165, 1.54) is 11.1 Å². The summed E-state index contributed by atoms with van der Waals surface area (Å²) >= 11 is 0. The van der Waals surface area contributed by atoms with E-state index in [2.05, 4.69) is 18.7 Å². The van der Waals surface area contributed by atoms with E-state index in [1.807, 2.05) is 6.08 Å². The Morgan fingerprint density at radius 3 is 2.61 bits per heavy atom. The molecule has 5 heterocycles. The van der Waals surface area contributed by atoms with Gasteiger partial charge in [-0.05, 0) is 67.6 Å². The summed E-state index contributed by atoms with van der Waals surface area (Å²) in [6.45, 7) is 5.76. The van der Waals surface area contributed by atoms with Crippen LogP contribution in [0.3, 0.4) is 0 Å². The van der Waals surface area contributed by atoms with Crippen molar-refractivity contribution < 1.29 is 54.1 Å². The van der Waals surface area contributed by atoms with Gasteiger partial charge in [0.25, 0.3) is 0 Å². The van der Waals surface area contributed by atoms with E-state index in [0.29, 0.717) is 29.2 Å². The quantitative estimate of drug-likeness (QED) is 0.199. The average molecular weight is 682 g/mol. The van der Waals surface area contributed by atoms with E-state index >= 15 is 4.79 Å². The number of rotatable bonds is 4. The Bertz CT molecular complexity index is 1630. The summed E-state index contributed by atoms with van der Waals surface area (Å²) < 4.78 is 25.5. The standard InChI is InChI=1S/C37H47NO11/c1-14-10-38-11-16-3-4-17-19-9-35(5-6-36(28(17)35)29(44)18(14)8-22(38)34(16,36)2)37-24-20(47-33(37)45)7-15(12-39)23(24)31(48-30(19)37)49-32-27(43)26(42)25(41)21(13-40)46-32/h7,14,16,18-27,30-32,39-43H,3-6,8-13H2,1-2H3/t14-,16-,18-,19-,20+,21-,22-,23-,24+,25-,26+,27-,30-,31+,32+,34-,35+,36+,37-/m1/s1. The van der Waals surface area contributed by atoms with Gasteiger partial charge in [0, 0.05) is 53.6 Å². The number of fused-ring (bicyclic) bond motifs is 4. The number of Topliss-reactive ketones (excluding diaryl/α,β-unsaturated/α-hetero) is 1. The molecule has 6 aliphatic carbocycles. The Balaban J connectivity index is 1.06. The Kier molecular flexibility index (Phi) is 5.93. The van der Waals surface area contributed by atoms with Crippen LogP contribution in [-0.4, -0.2) is 124 Å². The molecule has 5 saturated heterocycles. The van der Waals surface area contributed by atoms with Gasteiger partial charge in [-0.15, -0.1) is 0 Å². The van der Waals surface area contributed by atoms with Gasteiger partial charge < -0.3 is 44.5 Å². The maximum atomic E-state index is 15.3. The molecule has 266 valence electrons. The monoisotopic (exact) mass is 681 g/mol. The second kappa shape index (κ2) is 9.43. The first-order valence-corrected chi connectivity index (χ1v) is 18.7. The van der Waals surface area contributed by atoms with Crippen molar-refractivity contribution in [3.8, 4) is 0 Å². The van der Waals surface area contributed by atoms with E-state index in [4.69, 9.17) is 18.9 Å². The van der Waals surface area contributed by atoms with Crippen LogP contribution < -0.4 is 0 Å². The number of carbonyl (C=O) groups excluding carboxylic acids is 2. The summed E-state index contributed by atoms with van der Waals surface area (Å²) in [5, 5.41) is 52.4. The topological polar surface area (TPSA) is 175 Å². The molecule has 0 aromatic rings. The summed E-state index contributed by atoms with van der Waals surface area (Å²) in [6, 6.07) is 0.356. The van der Waals surface area contributed by atoms with Gasteiger partial charge in [-0.25, -0.2) is 0 Å². The Morgan fingerprint density at radius 1 is 1.02 bits per heavy atom. The van der Waals surface area contributed by atoms with Gasteiger partial charge in [0.2, 0.25) is 0 Å². The summed E-state index contributed by atoms with van der Waals surface area (Å²) in [7, 11) is 0. The lowest BCUT2D eigenvalue weighted by molar-refractivity contribution is -0.366. The first-order valence-electron chi connectivity index (χ1n) is 18.7. The largest absolute Gasteiger partial charge is 0.457 e. The molecule has 11 aliphatic rings. The fraction of sp³-hybridized carbons (Fsp3) is 0.838. The van der Waals surface area contributed by atoms with Crippen molar-refractivity contribution in [1.82, 2.24) is 4.90 Å². The first-order chi connectivity index (χ1) is 23.5. The predicted molar refractivity (Wildman–Crippen MR) is 166 cm³/mol. The fourth-order valence-corrected chi connectivity index (χ4v) is 15.3. The van der Waals surface area contributed by atoms with Gasteiger partial charge in [-0.2, -0.15) is 0 Å². The minimum Gasteiger partial charge on any atom is -0.457 e. The number of nitrogens with zero attached hydrogens (tertiary/aromatic N) is 1. The summed E-state index contributed by atoms with van der Waals surface area (Å²) in [5.74, 6) is -0.304. The summed E-state index contributed by atoms with van der Waals surface area (Å²) in [6.07, 6.45) is -2.82. The zero-order valence-corrected chi connectivity index (χ0v) is 27.9. The lowest BCUT2D eigenvalue weighted by Gasteiger charge is -2.61.